The number of nitrogens with one attached hydrogen (secondary N) is 1. The van der Waals surface area contributed by atoms with E-state index in [1.54, 1.807) is 24.3 Å². The first-order chi connectivity index (χ1) is 10.7. The lowest BCUT2D eigenvalue weighted by Crippen LogP contribution is -2.44. The zero-order valence-corrected chi connectivity index (χ0v) is 14.2. The minimum atomic E-state index is -1.11. The summed E-state index contributed by atoms with van der Waals surface area (Å²) in [5.41, 5.74) is -0.358. The van der Waals surface area contributed by atoms with Gasteiger partial charge < -0.3 is 19.9 Å². The number of carbonyl (C=O) groups is 2. The summed E-state index contributed by atoms with van der Waals surface area (Å²) in [5.74, 6) is -1.19. The number of carbonyl (C=O) groups excluding carboxylic acids is 1. The number of hydrogen-bond acceptors (Lipinski definition) is 4. The van der Waals surface area contributed by atoms with Crippen LogP contribution in [-0.2, 0) is 14.3 Å². The second-order valence-electron chi connectivity index (χ2n) is 5.95. The van der Waals surface area contributed by atoms with Crippen LogP contribution in [0.25, 0.3) is 0 Å². The van der Waals surface area contributed by atoms with Crippen LogP contribution in [0.1, 0.15) is 27.2 Å². The molecule has 6 nitrogen and oxygen atoms in total. The summed E-state index contributed by atoms with van der Waals surface area (Å²) in [7, 11) is 0. The van der Waals surface area contributed by atoms with Gasteiger partial charge in [0.15, 0.2) is 6.61 Å². The van der Waals surface area contributed by atoms with Crippen molar-refractivity contribution < 1.29 is 24.2 Å². The molecule has 0 fully saturated rings. The highest BCUT2D eigenvalue weighted by atomic mass is 35.5. The maximum Gasteiger partial charge on any atom is 0.326 e. The molecule has 0 heterocycles. The van der Waals surface area contributed by atoms with Crippen molar-refractivity contribution in [1.82, 2.24) is 5.32 Å². The minimum absolute atomic E-state index is 0.176. The molecule has 1 rings (SSSR count). The fourth-order valence-corrected chi connectivity index (χ4v) is 1.86. The first-order valence-corrected chi connectivity index (χ1v) is 7.59. The van der Waals surface area contributed by atoms with E-state index in [4.69, 9.17) is 26.2 Å². The summed E-state index contributed by atoms with van der Waals surface area (Å²) < 4.78 is 10.7. The van der Waals surface area contributed by atoms with Gasteiger partial charge in [-0.05, 0) is 39.0 Å². The molecule has 1 atom stereocenters. The molecule has 0 saturated carbocycles. The Bertz CT molecular complexity index is 542. The lowest BCUT2D eigenvalue weighted by atomic mass is 10.2. The standard InChI is InChI=1S/C16H22ClNO5/c1-16(2,3)23-8-7-13(15(20)21)18-14(19)10-22-12-6-4-5-11(17)9-12/h4-6,9,13H,7-8,10H2,1-3H3,(H,18,19)(H,20,21). The Morgan fingerprint density at radius 2 is 2.04 bits per heavy atom. The fraction of sp³-hybridized carbons (Fsp3) is 0.500. The van der Waals surface area contributed by atoms with Crippen molar-refractivity contribution in [2.45, 2.75) is 38.8 Å². The Hall–Kier alpha value is -1.79. The van der Waals surface area contributed by atoms with Gasteiger partial charge in [-0.3, -0.25) is 4.79 Å². The van der Waals surface area contributed by atoms with Crippen molar-refractivity contribution in [3.05, 3.63) is 29.3 Å². The SMILES string of the molecule is CC(C)(C)OCCC(NC(=O)COc1cccc(Cl)c1)C(=O)O. The van der Waals surface area contributed by atoms with E-state index in [1.807, 2.05) is 20.8 Å². The number of halogens is 1. The zero-order valence-electron chi connectivity index (χ0n) is 13.5. The maximum atomic E-state index is 11.8. The Labute approximate surface area is 140 Å². The van der Waals surface area contributed by atoms with Gasteiger partial charge in [-0.2, -0.15) is 0 Å². The Kier molecular flexibility index (Phi) is 7.32. The number of carboxylic acids is 1. The second kappa shape index (κ2) is 8.74. The van der Waals surface area contributed by atoms with E-state index in [1.165, 1.54) is 0 Å². The Morgan fingerprint density at radius 1 is 1.35 bits per heavy atom. The number of amides is 1. The third kappa shape index (κ3) is 8.42. The van der Waals surface area contributed by atoms with Crippen LogP contribution >= 0.6 is 11.6 Å². The van der Waals surface area contributed by atoms with Crippen molar-refractivity contribution in [1.29, 1.82) is 0 Å². The lowest BCUT2D eigenvalue weighted by Gasteiger charge is -2.21. The predicted molar refractivity (Wildman–Crippen MR) is 86.8 cm³/mol. The van der Waals surface area contributed by atoms with Gasteiger partial charge in [0.1, 0.15) is 11.8 Å². The highest BCUT2D eigenvalue weighted by molar-refractivity contribution is 6.30. The van der Waals surface area contributed by atoms with Gasteiger partial charge in [0.2, 0.25) is 0 Å². The molecule has 128 valence electrons. The smallest absolute Gasteiger partial charge is 0.326 e. The van der Waals surface area contributed by atoms with Crippen molar-refractivity contribution >= 4 is 23.5 Å². The molecule has 0 aromatic heterocycles. The van der Waals surface area contributed by atoms with Crippen LogP contribution in [0.4, 0.5) is 0 Å². The molecule has 0 spiro atoms. The molecule has 0 saturated heterocycles. The highest BCUT2D eigenvalue weighted by Gasteiger charge is 2.21. The monoisotopic (exact) mass is 343 g/mol. The average molecular weight is 344 g/mol. The van der Waals surface area contributed by atoms with E-state index < -0.39 is 17.9 Å². The van der Waals surface area contributed by atoms with Gasteiger partial charge in [0.05, 0.1) is 5.60 Å². The fourth-order valence-electron chi connectivity index (χ4n) is 1.68. The molecule has 2 N–H and O–H groups in total. The van der Waals surface area contributed by atoms with E-state index in [-0.39, 0.29) is 25.2 Å². The third-order valence-corrected chi connectivity index (χ3v) is 2.98. The first kappa shape index (κ1) is 19.3. The number of aliphatic carboxylic acids is 1. The summed E-state index contributed by atoms with van der Waals surface area (Å²) in [6, 6.07) is 5.59. The maximum absolute atomic E-state index is 11.8. The summed E-state index contributed by atoms with van der Waals surface area (Å²) in [6.07, 6.45) is 0.176. The summed E-state index contributed by atoms with van der Waals surface area (Å²) in [5, 5.41) is 12.0. The van der Waals surface area contributed by atoms with Gasteiger partial charge >= 0.3 is 5.97 Å². The van der Waals surface area contributed by atoms with E-state index in [0.717, 1.165) is 0 Å². The second-order valence-corrected chi connectivity index (χ2v) is 6.39. The average Bonchev–Trinajstić information content (AvgIpc) is 2.42. The van der Waals surface area contributed by atoms with Crippen LogP contribution in [0.15, 0.2) is 24.3 Å². The molecule has 1 aromatic rings. The lowest BCUT2D eigenvalue weighted by molar-refractivity contribution is -0.143. The molecule has 1 unspecified atom stereocenters. The molecule has 0 bridgehead atoms. The van der Waals surface area contributed by atoms with Crippen molar-refractivity contribution in [2.24, 2.45) is 0 Å². The van der Waals surface area contributed by atoms with Crippen molar-refractivity contribution in [3.8, 4) is 5.75 Å². The molecule has 1 amide bonds. The normalized spacial score (nSPS) is 12.5. The number of carboxylic acid groups (broad SMARTS) is 1. The molecule has 0 aliphatic heterocycles. The van der Waals surface area contributed by atoms with E-state index in [9.17, 15) is 9.59 Å². The summed E-state index contributed by atoms with van der Waals surface area (Å²) in [6.45, 7) is 5.57. The number of benzene rings is 1. The highest BCUT2D eigenvalue weighted by Crippen LogP contribution is 2.16. The molecular formula is C16H22ClNO5. The Morgan fingerprint density at radius 3 is 2.61 bits per heavy atom. The topological polar surface area (TPSA) is 84.9 Å². The number of hydrogen-bond donors (Lipinski definition) is 2. The van der Waals surface area contributed by atoms with Crippen molar-refractivity contribution in [2.75, 3.05) is 13.2 Å². The van der Waals surface area contributed by atoms with Gasteiger partial charge in [-0.1, -0.05) is 17.7 Å². The minimum Gasteiger partial charge on any atom is -0.484 e. The number of ether oxygens (including phenoxy) is 2. The van der Waals surface area contributed by atoms with Gasteiger partial charge in [-0.25, -0.2) is 4.79 Å². The molecule has 1 aromatic carbocycles. The van der Waals surface area contributed by atoms with Crippen LogP contribution in [0.2, 0.25) is 5.02 Å². The summed E-state index contributed by atoms with van der Waals surface area (Å²) in [4.78, 5) is 23.0. The van der Waals surface area contributed by atoms with Crippen LogP contribution < -0.4 is 10.1 Å². The molecule has 7 heteroatoms. The Balaban J connectivity index is 2.43. The van der Waals surface area contributed by atoms with Crippen molar-refractivity contribution in [3.63, 3.8) is 0 Å². The van der Waals surface area contributed by atoms with E-state index in [2.05, 4.69) is 5.32 Å². The first-order valence-electron chi connectivity index (χ1n) is 7.22. The van der Waals surface area contributed by atoms with Gasteiger partial charge in [-0.15, -0.1) is 0 Å². The van der Waals surface area contributed by atoms with Crippen LogP contribution in [-0.4, -0.2) is 41.8 Å². The molecule has 23 heavy (non-hydrogen) atoms. The van der Waals surface area contributed by atoms with E-state index in [0.29, 0.717) is 10.8 Å². The van der Waals surface area contributed by atoms with Crippen LogP contribution in [0.5, 0.6) is 5.75 Å². The van der Waals surface area contributed by atoms with Crippen LogP contribution in [0.3, 0.4) is 0 Å². The third-order valence-electron chi connectivity index (χ3n) is 2.74. The predicted octanol–water partition coefficient (Wildman–Crippen LogP) is 2.49. The summed E-state index contributed by atoms with van der Waals surface area (Å²) >= 11 is 5.81. The zero-order chi connectivity index (χ0) is 17.5. The molecular weight excluding hydrogens is 322 g/mol. The van der Waals surface area contributed by atoms with Crippen LogP contribution in [0, 0.1) is 0 Å². The van der Waals surface area contributed by atoms with Gasteiger partial charge in [0, 0.05) is 18.1 Å². The quantitative estimate of drug-likeness (QED) is 0.757. The van der Waals surface area contributed by atoms with E-state index >= 15 is 0 Å². The molecule has 0 aliphatic rings. The van der Waals surface area contributed by atoms with Gasteiger partial charge in [0.25, 0.3) is 5.91 Å². The molecule has 0 radical (unpaired) electrons. The molecule has 0 aliphatic carbocycles. The number of rotatable bonds is 8. The largest absolute Gasteiger partial charge is 0.484 e.